The maximum Gasteiger partial charge on any atom is 0.255 e. The molecule has 0 spiro atoms. The van der Waals surface area contributed by atoms with Gasteiger partial charge in [0.25, 0.3) is 5.91 Å². The lowest BCUT2D eigenvalue weighted by molar-refractivity contribution is 0.0997. The molecule has 5 nitrogen and oxygen atoms in total. The standard InChI is InChI=1S/C22H19ClN2O3/c1-14-12-18(8-11-20(14)23)25-22(27)17-4-2-15(3-5-17)13-28-19-9-6-16(7-10-19)21(24)26/h2-12H,13H2,1H3,(H2,24,26)(H,25,27). The second kappa shape index (κ2) is 8.59. The Labute approximate surface area is 168 Å². The van der Waals surface area contributed by atoms with Gasteiger partial charge in [-0.25, -0.2) is 0 Å². The first-order chi connectivity index (χ1) is 13.4. The number of halogens is 1. The van der Waals surface area contributed by atoms with Gasteiger partial charge in [0.1, 0.15) is 12.4 Å². The SMILES string of the molecule is Cc1cc(NC(=O)c2ccc(COc3ccc(C(N)=O)cc3)cc2)ccc1Cl. The summed E-state index contributed by atoms with van der Waals surface area (Å²) in [5, 5.41) is 3.51. The molecule has 0 atom stereocenters. The number of aryl methyl sites for hydroxylation is 1. The van der Waals surface area contributed by atoms with Crippen LogP contribution in [0, 0.1) is 6.92 Å². The number of carbonyl (C=O) groups excluding carboxylic acids is 2. The molecule has 0 aliphatic carbocycles. The molecule has 0 saturated carbocycles. The third-order valence-corrected chi connectivity index (χ3v) is 4.60. The lowest BCUT2D eigenvalue weighted by Crippen LogP contribution is -2.12. The van der Waals surface area contributed by atoms with Crippen LogP contribution >= 0.6 is 11.6 Å². The molecule has 2 amide bonds. The Morgan fingerprint density at radius 1 is 0.964 bits per heavy atom. The summed E-state index contributed by atoms with van der Waals surface area (Å²) in [5.74, 6) is -0.0460. The quantitative estimate of drug-likeness (QED) is 0.642. The van der Waals surface area contributed by atoms with Crippen molar-refractivity contribution in [3.8, 4) is 5.75 Å². The predicted molar refractivity (Wildman–Crippen MR) is 110 cm³/mol. The van der Waals surface area contributed by atoms with Gasteiger partial charge in [0.15, 0.2) is 0 Å². The largest absolute Gasteiger partial charge is 0.489 e. The average Bonchev–Trinajstić information content (AvgIpc) is 2.70. The van der Waals surface area contributed by atoms with E-state index in [0.717, 1.165) is 11.1 Å². The van der Waals surface area contributed by atoms with E-state index in [1.54, 1.807) is 48.5 Å². The molecule has 3 aromatic rings. The van der Waals surface area contributed by atoms with Crippen molar-refractivity contribution in [2.45, 2.75) is 13.5 Å². The summed E-state index contributed by atoms with van der Waals surface area (Å²) >= 11 is 6.00. The summed E-state index contributed by atoms with van der Waals surface area (Å²) in [7, 11) is 0. The Balaban J connectivity index is 1.58. The first-order valence-electron chi connectivity index (χ1n) is 8.61. The fourth-order valence-electron chi connectivity index (χ4n) is 2.56. The van der Waals surface area contributed by atoms with Gasteiger partial charge >= 0.3 is 0 Å². The Kier molecular flexibility index (Phi) is 5.96. The van der Waals surface area contributed by atoms with Gasteiger partial charge in [-0.3, -0.25) is 9.59 Å². The summed E-state index contributed by atoms with van der Waals surface area (Å²) in [6, 6.07) is 19.1. The Hall–Kier alpha value is -3.31. The maximum absolute atomic E-state index is 12.4. The molecule has 0 aliphatic rings. The minimum Gasteiger partial charge on any atom is -0.489 e. The van der Waals surface area contributed by atoms with Crippen molar-refractivity contribution in [1.29, 1.82) is 0 Å². The van der Waals surface area contributed by atoms with Gasteiger partial charge in [0, 0.05) is 21.8 Å². The topological polar surface area (TPSA) is 81.4 Å². The van der Waals surface area contributed by atoms with Crippen LogP contribution in [0.15, 0.2) is 66.7 Å². The van der Waals surface area contributed by atoms with Gasteiger partial charge in [0.2, 0.25) is 5.91 Å². The van der Waals surface area contributed by atoms with Crippen LogP contribution in [0.25, 0.3) is 0 Å². The summed E-state index contributed by atoms with van der Waals surface area (Å²) in [5.41, 5.74) is 8.69. The molecule has 0 bridgehead atoms. The molecule has 0 saturated heterocycles. The molecular weight excluding hydrogens is 376 g/mol. The van der Waals surface area contributed by atoms with E-state index in [1.165, 1.54) is 0 Å². The Morgan fingerprint density at radius 2 is 1.61 bits per heavy atom. The summed E-state index contributed by atoms with van der Waals surface area (Å²) < 4.78 is 5.68. The fourth-order valence-corrected chi connectivity index (χ4v) is 2.68. The third-order valence-electron chi connectivity index (χ3n) is 4.18. The minimum atomic E-state index is -0.478. The van der Waals surface area contributed by atoms with Gasteiger partial charge in [-0.1, -0.05) is 23.7 Å². The molecule has 0 unspecified atom stereocenters. The van der Waals surface area contributed by atoms with E-state index >= 15 is 0 Å². The van der Waals surface area contributed by atoms with E-state index in [2.05, 4.69) is 5.32 Å². The Bertz CT molecular complexity index is 999. The number of amides is 2. The van der Waals surface area contributed by atoms with Crippen molar-refractivity contribution in [1.82, 2.24) is 0 Å². The molecule has 0 radical (unpaired) electrons. The van der Waals surface area contributed by atoms with Crippen LogP contribution in [0.5, 0.6) is 5.75 Å². The monoisotopic (exact) mass is 394 g/mol. The zero-order chi connectivity index (χ0) is 20.1. The first-order valence-corrected chi connectivity index (χ1v) is 8.99. The van der Waals surface area contributed by atoms with Gasteiger partial charge in [-0.2, -0.15) is 0 Å². The van der Waals surface area contributed by atoms with Crippen molar-refractivity contribution < 1.29 is 14.3 Å². The third kappa shape index (κ3) is 4.90. The molecule has 6 heteroatoms. The van der Waals surface area contributed by atoms with Gasteiger partial charge in [-0.15, -0.1) is 0 Å². The van der Waals surface area contributed by atoms with E-state index in [9.17, 15) is 9.59 Å². The number of ether oxygens (including phenoxy) is 1. The molecule has 142 valence electrons. The zero-order valence-corrected chi connectivity index (χ0v) is 16.0. The van der Waals surface area contributed by atoms with Crippen molar-refractivity contribution in [3.63, 3.8) is 0 Å². The van der Waals surface area contributed by atoms with Crippen LogP contribution < -0.4 is 15.8 Å². The van der Waals surface area contributed by atoms with E-state index in [0.29, 0.717) is 34.2 Å². The van der Waals surface area contributed by atoms with Crippen LogP contribution in [0.3, 0.4) is 0 Å². The summed E-state index contributed by atoms with van der Waals surface area (Å²) in [4.78, 5) is 23.4. The van der Waals surface area contributed by atoms with Crippen molar-refractivity contribution in [2.24, 2.45) is 5.73 Å². The predicted octanol–water partition coefficient (Wildman–Crippen LogP) is 4.58. The molecule has 3 aromatic carbocycles. The first kappa shape index (κ1) is 19.5. The Morgan fingerprint density at radius 3 is 2.21 bits per heavy atom. The number of hydrogen-bond acceptors (Lipinski definition) is 3. The molecule has 0 heterocycles. The fraction of sp³-hybridized carbons (Fsp3) is 0.0909. The van der Waals surface area contributed by atoms with Crippen LogP contribution in [0.2, 0.25) is 5.02 Å². The van der Waals surface area contributed by atoms with Crippen LogP contribution in [0.4, 0.5) is 5.69 Å². The minimum absolute atomic E-state index is 0.198. The molecule has 0 aliphatic heterocycles. The average molecular weight is 395 g/mol. The number of rotatable bonds is 6. The second-order valence-corrected chi connectivity index (χ2v) is 6.70. The van der Waals surface area contributed by atoms with E-state index in [4.69, 9.17) is 22.1 Å². The number of nitrogens with one attached hydrogen (secondary N) is 1. The molecule has 0 aromatic heterocycles. The highest BCUT2D eigenvalue weighted by molar-refractivity contribution is 6.31. The van der Waals surface area contributed by atoms with Crippen LogP contribution in [0.1, 0.15) is 31.8 Å². The maximum atomic E-state index is 12.4. The van der Waals surface area contributed by atoms with Gasteiger partial charge < -0.3 is 15.8 Å². The second-order valence-electron chi connectivity index (χ2n) is 6.29. The molecule has 3 N–H and O–H groups in total. The lowest BCUT2D eigenvalue weighted by Gasteiger charge is -2.09. The molecule has 3 rings (SSSR count). The van der Waals surface area contributed by atoms with Crippen LogP contribution in [-0.4, -0.2) is 11.8 Å². The number of hydrogen-bond donors (Lipinski definition) is 2. The van der Waals surface area contributed by atoms with Crippen molar-refractivity contribution >= 4 is 29.1 Å². The van der Waals surface area contributed by atoms with E-state index < -0.39 is 5.91 Å². The number of primary amides is 1. The smallest absolute Gasteiger partial charge is 0.255 e. The van der Waals surface area contributed by atoms with Crippen LogP contribution in [-0.2, 0) is 6.61 Å². The zero-order valence-electron chi connectivity index (χ0n) is 15.2. The lowest BCUT2D eigenvalue weighted by atomic mass is 10.1. The summed E-state index contributed by atoms with van der Waals surface area (Å²) in [6.07, 6.45) is 0. The molecule has 0 fully saturated rings. The van der Waals surface area contributed by atoms with Crippen molar-refractivity contribution in [3.05, 3.63) is 94.0 Å². The highest BCUT2D eigenvalue weighted by Crippen LogP contribution is 2.20. The van der Waals surface area contributed by atoms with Crippen molar-refractivity contribution in [2.75, 3.05) is 5.32 Å². The molecule has 28 heavy (non-hydrogen) atoms. The summed E-state index contributed by atoms with van der Waals surface area (Å²) in [6.45, 7) is 2.22. The van der Waals surface area contributed by atoms with Gasteiger partial charge in [-0.05, 0) is 72.6 Å². The highest BCUT2D eigenvalue weighted by atomic mass is 35.5. The highest BCUT2D eigenvalue weighted by Gasteiger charge is 2.07. The normalized spacial score (nSPS) is 10.4. The van der Waals surface area contributed by atoms with E-state index in [1.807, 2.05) is 25.1 Å². The number of nitrogens with two attached hydrogens (primary N) is 1. The van der Waals surface area contributed by atoms with Gasteiger partial charge in [0.05, 0.1) is 0 Å². The molecular formula is C22H19ClN2O3. The number of benzene rings is 3. The number of anilines is 1. The van der Waals surface area contributed by atoms with E-state index in [-0.39, 0.29) is 5.91 Å². The number of carbonyl (C=O) groups is 2.